The van der Waals surface area contributed by atoms with Gasteiger partial charge in [0.25, 0.3) is 0 Å². The number of carbonyl (C=O) groups excluding carboxylic acids is 2. The Morgan fingerprint density at radius 2 is 1.77 bits per heavy atom. The molecule has 39 heavy (non-hydrogen) atoms. The molecule has 1 aromatic heterocycles. The van der Waals surface area contributed by atoms with Crippen molar-refractivity contribution in [3.8, 4) is 0 Å². The van der Waals surface area contributed by atoms with Gasteiger partial charge in [-0.3, -0.25) is 9.59 Å². The summed E-state index contributed by atoms with van der Waals surface area (Å²) in [5.74, 6) is -0.0752. The minimum Gasteiger partial charge on any atom is -0.467 e. The summed E-state index contributed by atoms with van der Waals surface area (Å²) in [6, 6.07) is 18.8. The van der Waals surface area contributed by atoms with Crippen molar-refractivity contribution in [1.82, 2.24) is 15.1 Å². The molecule has 2 aromatic carbocycles. The monoisotopic (exact) mass is 533 g/mol. The number of hydrogen-bond donors (Lipinski definition) is 1. The quantitative estimate of drug-likeness (QED) is 0.347. The first-order chi connectivity index (χ1) is 18.7. The molecular formula is C32H40FN3O3. The van der Waals surface area contributed by atoms with Crippen molar-refractivity contribution in [2.24, 2.45) is 0 Å². The lowest BCUT2D eigenvalue weighted by molar-refractivity contribution is -0.135. The molecule has 2 amide bonds. The predicted octanol–water partition coefficient (Wildman–Crippen LogP) is 5.64. The van der Waals surface area contributed by atoms with E-state index in [-0.39, 0.29) is 55.1 Å². The van der Waals surface area contributed by atoms with Crippen LogP contribution < -0.4 is 5.32 Å². The van der Waals surface area contributed by atoms with Crippen LogP contribution in [-0.2, 0) is 29.1 Å². The number of halogens is 1. The van der Waals surface area contributed by atoms with Gasteiger partial charge in [0.05, 0.1) is 12.8 Å². The van der Waals surface area contributed by atoms with Gasteiger partial charge >= 0.3 is 0 Å². The van der Waals surface area contributed by atoms with Crippen LogP contribution in [-0.4, -0.2) is 47.3 Å². The lowest BCUT2D eigenvalue weighted by atomic mass is 9.74. The molecule has 1 fully saturated rings. The molecule has 0 radical (unpaired) electrons. The van der Waals surface area contributed by atoms with Crippen LogP contribution in [0.5, 0.6) is 0 Å². The van der Waals surface area contributed by atoms with Crippen molar-refractivity contribution in [2.45, 2.75) is 76.5 Å². The lowest BCUT2D eigenvalue weighted by Gasteiger charge is -2.45. The van der Waals surface area contributed by atoms with Gasteiger partial charge in [-0.15, -0.1) is 0 Å². The van der Waals surface area contributed by atoms with Gasteiger partial charge in [0.2, 0.25) is 11.8 Å². The number of hydrogen-bond acceptors (Lipinski definition) is 4. The number of likely N-dealkylation sites (N-methyl/N-ethyl adjacent to an activating group) is 1. The predicted molar refractivity (Wildman–Crippen MR) is 150 cm³/mol. The molecule has 7 heteroatoms. The van der Waals surface area contributed by atoms with Gasteiger partial charge in [-0.2, -0.15) is 0 Å². The van der Waals surface area contributed by atoms with E-state index in [1.807, 2.05) is 0 Å². The number of furan rings is 1. The maximum absolute atomic E-state index is 14.3. The second-order valence-electron chi connectivity index (χ2n) is 11.0. The zero-order valence-electron chi connectivity index (χ0n) is 23.3. The maximum Gasteiger partial charge on any atom is 0.223 e. The Labute approximate surface area is 231 Å². The molecule has 208 valence electrons. The van der Waals surface area contributed by atoms with Gasteiger partial charge in [0.1, 0.15) is 11.6 Å². The number of amides is 2. The standard InChI is InChI=1S/C32H40FN3O3/c1-24-8-6-9-25(20-24)21-32(35(2)3)17-15-27(16-18-32)34-30(37)13-14-31(38)36(23-28-11-7-19-39-28)22-26-10-4-5-12-29(26)33/h4-12,19-20,27H,13-18,21-23H2,1-3H3,(H,34,37). The first kappa shape index (κ1) is 28.6. The molecule has 0 unspecified atom stereocenters. The Morgan fingerprint density at radius 1 is 1.00 bits per heavy atom. The molecular weight excluding hydrogens is 493 g/mol. The summed E-state index contributed by atoms with van der Waals surface area (Å²) >= 11 is 0. The van der Waals surface area contributed by atoms with Crippen LogP contribution in [0.2, 0.25) is 0 Å². The van der Waals surface area contributed by atoms with E-state index in [1.54, 1.807) is 41.5 Å². The Bertz CT molecular complexity index is 1230. The summed E-state index contributed by atoms with van der Waals surface area (Å²) < 4.78 is 19.7. The van der Waals surface area contributed by atoms with E-state index in [9.17, 15) is 14.0 Å². The fourth-order valence-electron chi connectivity index (χ4n) is 5.62. The van der Waals surface area contributed by atoms with E-state index in [1.165, 1.54) is 17.2 Å². The summed E-state index contributed by atoms with van der Waals surface area (Å²) in [6.45, 7) is 2.46. The third-order valence-corrected chi connectivity index (χ3v) is 8.01. The summed E-state index contributed by atoms with van der Waals surface area (Å²) in [5, 5.41) is 3.16. The van der Waals surface area contributed by atoms with Gasteiger partial charge in [0, 0.05) is 36.5 Å². The smallest absolute Gasteiger partial charge is 0.223 e. The molecule has 0 aliphatic heterocycles. The van der Waals surface area contributed by atoms with Crippen LogP contribution in [0.15, 0.2) is 71.3 Å². The first-order valence-corrected chi connectivity index (χ1v) is 13.8. The van der Waals surface area contributed by atoms with Crippen LogP contribution in [0, 0.1) is 12.7 Å². The van der Waals surface area contributed by atoms with E-state index in [2.05, 4.69) is 55.5 Å². The Hall–Kier alpha value is -3.45. The fourth-order valence-corrected chi connectivity index (χ4v) is 5.62. The highest BCUT2D eigenvalue weighted by Gasteiger charge is 2.37. The molecule has 6 nitrogen and oxygen atoms in total. The normalized spacial score (nSPS) is 19.2. The number of aryl methyl sites for hydroxylation is 1. The molecule has 1 saturated carbocycles. The zero-order chi connectivity index (χ0) is 27.8. The largest absolute Gasteiger partial charge is 0.467 e. The topological polar surface area (TPSA) is 65.8 Å². The van der Waals surface area contributed by atoms with Gasteiger partial charge in [0.15, 0.2) is 0 Å². The Kier molecular flexibility index (Phi) is 9.57. The number of nitrogens with zero attached hydrogens (tertiary/aromatic N) is 2. The SMILES string of the molecule is Cc1cccc(CC2(N(C)C)CCC(NC(=O)CCC(=O)N(Cc3ccco3)Cc3ccccc3F)CC2)c1. The van der Waals surface area contributed by atoms with E-state index in [0.29, 0.717) is 11.3 Å². The van der Waals surface area contributed by atoms with Crippen LogP contribution in [0.4, 0.5) is 4.39 Å². The van der Waals surface area contributed by atoms with Gasteiger partial charge in [-0.05, 0) is 76.9 Å². The molecule has 0 atom stereocenters. The minimum atomic E-state index is -0.360. The molecule has 4 rings (SSSR count). The second-order valence-corrected chi connectivity index (χ2v) is 11.0. The molecule has 0 bridgehead atoms. The van der Waals surface area contributed by atoms with Gasteiger partial charge in [-0.25, -0.2) is 4.39 Å². The maximum atomic E-state index is 14.3. The van der Waals surface area contributed by atoms with E-state index in [0.717, 1.165) is 32.1 Å². The van der Waals surface area contributed by atoms with E-state index < -0.39 is 0 Å². The minimum absolute atomic E-state index is 0.0582. The summed E-state index contributed by atoms with van der Waals surface area (Å²) in [4.78, 5) is 29.8. The lowest BCUT2D eigenvalue weighted by Crippen LogP contribution is -2.52. The average molecular weight is 534 g/mol. The third-order valence-electron chi connectivity index (χ3n) is 8.01. The van der Waals surface area contributed by atoms with Crippen molar-refractivity contribution in [3.05, 3.63) is 95.2 Å². The zero-order valence-corrected chi connectivity index (χ0v) is 23.3. The van der Waals surface area contributed by atoms with Crippen LogP contribution in [0.1, 0.15) is 61.0 Å². The van der Waals surface area contributed by atoms with Crippen molar-refractivity contribution in [3.63, 3.8) is 0 Å². The molecule has 0 spiro atoms. The first-order valence-electron chi connectivity index (χ1n) is 13.8. The number of carbonyl (C=O) groups is 2. The Morgan fingerprint density at radius 3 is 2.44 bits per heavy atom. The number of nitrogens with one attached hydrogen (secondary N) is 1. The van der Waals surface area contributed by atoms with Crippen LogP contribution in [0.3, 0.4) is 0 Å². The second kappa shape index (κ2) is 13.1. The summed E-state index contributed by atoms with van der Waals surface area (Å²) in [7, 11) is 4.30. The summed E-state index contributed by atoms with van der Waals surface area (Å²) in [5.41, 5.74) is 3.12. The van der Waals surface area contributed by atoms with Crippen molar-refractivity contribution >= 4 is 11.8 Å². The Balaban J connectivity index is 1.29. The van der Waals surface area contributed by atoms with Crippen molar-refractivity contribution in [2.75, 3.05) is 14.1 Å². The van der Waals surface area contributed by atoms with Crippen molar-refractivity contribution < 1.29 is 18.4 Å². The van der Waals surface area contributed by atoms with E-state index in [4.69, 9.17) is 4.42 Å². The molecule has 1 aliphatic rings. The molecule has 1 aliphatic carbocycles. The molecule has 0 saturated heterocycles. The fraction of sp³-hybridized carbons (Fsp3) is 0.438. The highest BCUT2D eigenvalue weighted by Crippen LogP contribution is 2.35. The van der Waals surface area contributed by atoms with Gasteiger partial charge in [-0.1, -0.05) is 48.0 Å². The van der Waals surface area contributed by atoms with Crippen molar-refractivity contribution in [1.29, 1.82) is 0 Å². The summed E-state index contributed by atoms with van der Waals surface area (Å²) in [6.07, 6.45) is 6.50. The van der Waals surface area contributed by atoms with Gasteiger partial charge < -0.3 is 19.5 Å². The molecule has 1 N–H and O–H groups in total. The number of benzene rings is 2. The van der Waals surface area contributed by atoms with E-state index >= 15 is 0 Å². The average Bonchev–Trinajstić information content (AvgIpc) is 3.42. The van der Waals surface area contributed by atoms with Crippen LogP contribution >= 0.6 is 0 Å². The third kappa shape index (κ3) is 7.79. The molecule has 1 heterocycles. The van der Waals surface area contributed by atoms with Crippen LogP contribution in [0.25, 0.3) is 0 Å². The highest BCUT2D eigenvalue weighted by molar-refractivity contribution is 5.84. The molecule has 3 aromatic rings. The number of rotatable bonds is 11. The highest BCUT2D eigenvalue weighted by atomic mass is 19.1.